The lowest BCUT2D eigenvalue weighted by Gasteiger charge is -2.26. The van der Waals surface area contributed by atoms with E-state index in [1.54, 1.807) is 0 Å². The summed E-state index contributed by atoms with van der Waals surface area (Å²) >= 11 is 0. The Morgan fingerprint density at radius 3 is 2.35 bits per heavy atom. The van der Waals surface area contributed by atoms with E-state index in [2.05, 4.69) is 77.1 Å². The summed E-state index contributed by atoms with van der Waals surface area (Å²) in [7, 11) is 0. The molecule has 1 aliphatic rings. The number of para-hydroxylation sites is 1. The SMILES string of the molecule is C=C1/C=C\C(c2ccc3ccc4cccnc4c3n2)=C/Cc2cccnc2N1c1ccccc1. The minimum atomic E-state index is 0.729. The predicted octanol–water partition coefficient (Wildman–Crippen LogP) is 7.03. The standard InChI is InChI=1S/C30H22N4/c1-21-11-12-22(27-18-17-24-15-14-23-7-5-19-31-28(23)29(24)33-27)13-16-25-8-6-20-32-30(25)34(21)26-9-3-2-4-10-26/h2-15,17-20H,1,16H2/b12-11-,22-13+. The Bertz CT molecular complexity index is 1600. The van der Waals surface area contributed by atoms with Gasteiger partial charge in [0.25, 0.3) is 0 Å². The van der Waals surface area contributed by atoms with Crippen LogP contribution in [0, 0.1) is 0 Å². The van der Waals surface area contributed by atoms with Crippen molar-refractivity contribution in [3.05, 3.63) is 133 Å². The van der Waals surface area contributed by atoms with Gasteiger partial charge in [0.05, 0.1) is 16.7 Å². The maximum atomic E-state index is 5.05. The molecule has 0 N–H and O–H groups in total. The molecule has 0 radical (unpaired) electrons. The second-order valence-corrected chi connectivity index (χ2v) is 8.25. The van der Waals surface area contributed by atoms with Crippen molar-refractivity contribution in [3.8, 4) is 0 Å². The number of anilines is 2. The van der Waals surface area contributed by atoms with Crippen molar-refractivity contribution in [2.75, 3.05) is 4.90 Å². The quantitative estimate of drug-likeness (QED) is 0.278. The lowest BCUT2D eigenvalue weighted by Crippen LogP contribution is -2.17. The van der Waals surface area contributed by atoms with E-state index in [1.807, 2.05) is 48.8 Å². The zero-order valence-electron chi connectivity index (χ0n) is 18.6. The van der Waals surface area contributed by atoms with Crippen LogP contribution in [0.1, 0.15) is 11.3 Å². The number of rotatable bonds is 2. The highest BCUT2D eigenvalue weighted by Gasteiger charge is 2.18. The van der Waals surface area contributed by atoms with Crippen molar-refractivity contribution >= 4 is 38.9 Å². The molecule has 6 rings (SSSR count). The van der Waals surface area contributed by atoms with E-state index in [4.69, 9.17) is 9.97 Å². The van der Waals surface area contributed by atoms with E-state index < -0.39 is 0 Å². The van der Waals surface area contributed by atoms with Crippen LogP contribution in [-0.4, -0.2) is 15.0 Å². The van der Waals surface area contributed by atoms with Crippen LogP contribution in [0.5, 0.6) is 0 Å². The number of hydrogen-bond donors (Lipinski definition) is 0. The first-order valence-electron chi connectivity index (χ1n) is 11.3. The molecule has 1 aliphatic heterocycles. The molecule has 0 saturated carbocycles. The first-order valence-corrected chi connectivity index (χ1v) is 11.3. The fourth-order valence-electron chi connectivity index (χ4n) is 4.42. The number of allylic oxidation sites excluding steroid dienone is 4. The van der Waals surface area contributed by atoms with E-state index in [9.17, 15) is 0 Å². The lowest BCUT2D eigenvalue weighted by molar-refractivity contribution is 1.09. The lowest BCUT2D eigenvalue weighted by atomic mass is 10.0. The van der Waals surface area contributed by atoms with Gasteiger partial charge in [-0.3, -0.25) is 9.88 Å². The fourth-order valence-corrected chi connectivity index (χ4v) is 4.42. The second kappa shape index (κ2) is 8.41. The number of hydrogen-bond acceptors (Lipinski definition) is 4. The molecule has 0 amide bonds. The molecule has 5 aromatic rings. The molecule has 0 fully saturated rings. The van der Waals surface area contributed by atoms with Gasteiger partial charge in [-0.05, 0) is 54.0 Å². The van der Waals surface area contributed by atoms with Crippen LogP contribution < -0.4 is 4.90 Å². The Morgan fingerprint density at radius 1 is 0.706 bits per heavy atom. The maximum absolute atomic E-state index is 5.05. The normalized spacial score (nSPS) is 16.3. The van der Waals surface area contributed by atoms with Gasteiger partial charge in [0.2, 0.25) is 0 Å². The Hall–Kier alpha value is -4.57. The molecule has 0 atom stereocenters. The maximum Gasteiger partial charge on any atom is 0.141 e. The molecule has 34 heavy (non-hydrogen) atoms. The molecular formula is C30H22N4. The van der Waals surface area contributed by atoms with E-state index >= 15 is 0 Å². The molecule has 0 bridgehead atoms. The Balaban J connectivity index is 1.49. The molecular weight excluding hydrogens is 416 g/mol. The molecule has 4 heterocycles. The summed E-state index contributed by atoms with van der Waals surface area (Å²) in [6, 6.07) is 26.7. The summed E-state index contributed by atoms with van der Waals surface area (Å²) in [4.78, 5) is 16.5. The van der Waals surface area contributed by atoms with Crippen molar-refractivity contribution in [2.45, 2.75) is 6.42 Å². The molecule has 4 nitrogen and oxygen atoms in total. The van der Waals surface area contributed by atoms with Crippen LogP contribution in [0.2, 0.25) is 0 Å². The highest BCUT2D eigenvalue weighted by molar-refractivity contribution is 6.03. The first-order chi connectivity index (χ1) is 16.8. The zero-order valence-corrected chi connectivity index (χ0v) is 18.6. The van der Waals surface area contributed by atoms with Crippen molar-refractivity contribution in [2.24, 2.45) is 0 Å². The van der Waals surface area contributed by atoms with Crippen LogP contribution in [0.3, 0.4) is 0 Å². The van der Waals surface area contributed by atoms with E-state index in [0.717, 1.165) is 62.3 Å². The zero-order chi connectivity index (χ0) is 22.9. The topological polar surface area (TPSA) is 41.9 Å². The molecule has 162 valence electrons. The number of fused-ring (bicyclic) bond motifs is 4. The summed E-state index contributed by atoms with van der Waals surface area (Å²) in [6.07, 6.45) is 10.7. The summed E-state index contributed by atoms with van der Waals surface area (Å²) in [6.45, 7) is 4.37. The minimum absolute atomic E-state index is 0.729. The van der Waals surface area contributed by atoms with Gasteiger partial charge in [-0.2, -0.15) is 0 Å². The van der Waals surface area contributed by atoms with Crippen molar-refractivity contribution in [1.29, 1.82) is 0 Å². The van der Waals surface area contributed by atoms with Gasteiger partial charge < -0.3 is 0 Å². The van der Waals surface area contributed by atoms with Crippen LogP contribution in [-0.2, 0) is 6.42 Å². The number of aromatic nitrogens is 3. The second-order valence-electron chi connectivity index (χ2n) is 8.25. The molecule has 0 aliphatic carbocycles. The molecule has 0 unspecified atom stereocenters. The average molecular weight is 439 g/mol. The number of nitrogens with zero attached hydrogens (tertiary/aromatic N) is 4. The third-order valence-corrected chi connectivity index (χ3v) is 6.11. The number of pyridine rings is 3. The Kier molecular flexibility index (Phi) is 4.96. The molecule has 0 saturated heterocycles. The fraction of sp³-hybridized carbons (Fsp3) is 0.0333. The van der Waals surface area contributed by atoms with Gasteiger partial charge >= 0.3 is 0 Å². The van der Waals surface area contributed by atoms with E-state index in [1.165, 1.54) is 0 Å². The van der Waals surface area contributed by atoms with Gasteiger partial charge in [0.15, 0.2) is 0 Å². The Labute approximate surface area is 198 Å². The predicted molar refractivity (Wildman–Crippen MR) is 140 cm³/mol. The number of benzene rings is 2. The van der Waals surface area contributed by atoms with Crippen molar-refractivity contribution in [1.82, 2.24) is 15.0 Å². The smallest absolute Gasteiger partial charge is 0.141 e. The third-order valence-electron chi connectivity index (χ3n) is 6.11. The van der Waals surface area contributed by atoms with E-state index in [-0.39, 0.29) is 0 Å². The van der Waals surface area contributed by atoms with Gasteiger partial charge in [-0.25, -0.2) is 9.97 Å². The summed E-state index contributed by atoms with van der Waals surface area (Å²) in [5, 5.41) is 2.17. The summed E-state index contributed by atoms with van der Waals surface area (Å²) < 4.78 is 0. The monoisotopic (exact) mass is 438 g/mol. The summed E-state index contributed by atoms with van der Waals surface area (Å²) in [5.74, 6) is 0.891. The van der Waals surface area contributed by atoms with Crippen LogP contribution in [0.15, 0.2) is 122 Å². The third kappa shape index (κ3) is 3.55. The first kappa shape index (κ1) is 20.1. The van der Waals surface area contributed by atoms with E-state index in [0.29, 0.717) is 0 Å². The van der Waals surface area contributed by atoms with Gasteiger partial charge in [-0.1, -0.05) is 67.3 Å². The van der Waals surface area contributed by atoms with Crippen molar-refractivity contribution < 1.29 is 0 Å². The van der Waals surface area contributed by atoms with Crippen LogP contribution in [0.4, 0.5) is 11.5 Å². The van der Waals surface area contributed by atoms with Gasteiger partial charge in [-0.15, -0.1) is 0 Å². The molecule has 2 aromatic carbocycles. The highest BCUT2D eigenvalue weighted by atomic mass is 15.2. The van der Waals surface area contributed by atoms with Crippen LogP contribution >= 0.6 is 0 Å². The average Bonchev–Trinajstić information content (AvgIpc) is 2.96. The highest BCUT2D eigenvalue weighted by Crippen LogP contribution is 2.33. The Morgan fingerprint density at radius 2 is 1.47 bits per heavy atom. The van der Waals surface area contributed by atoms with Gasteiger partial charge in [0, 0.05) is 34.6 Å². The largest absolute Gasteiger partial charge is 0.295 e. The van der Waals surface area contributed by atoms with Gasteiger partial charge in [0.1, 0.15) is 5.82 Å². The molecule has 4 heteroatoms. The molecule has 0 spiro atoms. The summed E-state index contributed by atoms with van der Waals surface area (Å²) in [5.41, 5.74) is 6.78. The van der Waals surface area contributed by atoms with Crippen LogP contribution in [0.25, 0.3) is 27.4 Å². The van der Waals surface area contributed by atoms with Crippen molar-refractivity contribution in [3.63, 3.8) is 0 Å². The molecule has 3 aromatic heterocycles. The minimum Gasteiger partial charge on any atom is -0.295 e.